The summed E-state index contributed by atoms with van der Waals surface area (Å²) in [4.78, 5) is 17.1. The van der Waals surface area contributed by atoms with Gasteiger partial charge >= 0.3 is 6.03 Å². The van der Waals surface area contributed by atoms with Crippen molar-refractivity contribution in [2.75, 3.05) is 45.9 Å². The number of morpholine rings is 1. The molecule has 1 aliphatic carbocycles. The number of amides is 2. The Labute approximate surface area is 140 Å². The molecule has 0 spiro atoms. The number of nitrogens with zero attached hydrogens (tertiary/aromatic N) is 2. The second-order valence-electron chi connectivity index (χ2n) is 7.48. The quantitative estimate of drug-likeness (QED) is 0.868. The molecule has 0 aromatic carbocycles. The molecule has 1 saturated carbocycles. The molecule has 1 N–H and O–H groups in total. The molecule has 5 nitrogen and oxygen atoms in total. The van der Waals surface area contributed by atoms with E-state index in [1.54, 1.807) is 0 Å². The molecule has 23 heavy (non-hydrogen) atoms. The van der Waals surface area contributed by atoms with Crippen LogP contribution in [0.1, 0.15) is 51.4 Å². The topological polar surface area (TPSA) is 44.8 Å². The van der Waals surface area contributed by atoms with Crippen molar-refractivity contribution in [1.82, 2.24) is 15.1 Å². The van der Waals surface area contributed by atoms with E-state index in [0.717, 1.165) is 58.2 Å². The van der Waals surface area contributed by atoms with E-state index < -0.39 is 0 Å². The monoisotopic (exact) mass is 323 g/mol. The van der Waals surface area contributed by atoms with Gasteiger partial charge in [-0.05, 0) is 38.0 Å². The van der Waals surface area contributed by atoms with Gasteiger partial charge in [-0.2, -0.15) is 0 Å². The van der Waals surface area contributed by atoms with Gasteiger partial charge in [-0.15, -0.1) is 0 Å². The zero-order valence-electron chi connectivity index (χ0n) is 14.5. The van der Waals surface area contributed by atoms with Crippen molar-refractivity contribution in [2.45, 2.75) is 57.4 Å². The molecular weight excluding hydrogens is 290 g/mol. The first-order valence-corrected chi connectivity index (χ1v) is 9.67. The van der Waals surface area contributed by atoms with Gasteiger partial charge in [-0.1, -0.05) is 19.3 Å². The van der Waals surface area contributed by atoms with E-state index in [1.165, 1.54) is 45.1 Å². The Morgan fingerprint density at radius 2 is 1.70 bits per heavy atom. The first-order valence-electron chi connectivity index (χ1n) is 9.67. The first-order chi connectivity index (χ1) is 11.3. The molecule has 2 aliphatic heterocycles. The van der Waals surface area contributed by atoms with Crippen LogP contribution in [0.3, 0.4) is 0 Å². The van der Waals surface area contributed by atoms with Gasteiger partial charge in [-0.3, -0.25) is 4.90 Å². The summed E-state index contributed by atoms with van der Waals surface area (Å²) in [5.41, 5.74) is 0. The highest BCUT2D eigenvalue weighted by atomic mass is 16.5. The SMILES string of the molecule is O=C(NC1CCCCC1)N1CCCC(CN2CCOCC2)CC1. The molecule has 5 heteroatoms. The number of hydrogen-bond donors (Lipinski definition) is 1. The third kappa shape index (κ3) is 5.35. The Bertz CT molecular complexity index is 365. The van der Waals surface area contributed by atoms with Crippen LogP contribution in [-0.4, -0.2) is 67.8 Å². The maximum atomic E-state index is 12.5. The number of likely N-dealkylation sites (tertiary alicyclic amines) is 1. The molecule has 2 saturated heterocycles. The van der Waals surface area contributed by atoms with E-state index in [-0.39, 0.29) is 6.03 Å². The standard InChI is InChI=1S/C18H33N3O2/c22-18(19-17-6-2-1-3-7-17)21-9-4-5-16(8-10-21)15-20-11-13-23-14-12-20/h16-17H,1-15H2,(H,19,22). The van der Waals surface area contributed by atoms with E-state index in [4.69, 9.17) is 4.74 Å². The third-order valence-corrected chi connectivity index (χ3v) is 5.69. The molecule has 132 valence electrons. The van der Waals surface area contributed by atoms with Crippen LogP contribution in [0.4, 0.5) is 4.79 Å². The molecule has 0 aromatic heterocycles. The van der Waals surface area contributed by atoms with E-state index in [0.29, 0.717) is 6.04 Å². The van der Waals surface area contributed by atoms with E-state index in [1.807, 2.05) is 0 Å². The smallest absolute Gasteiger partial charge is 0.317 e. The van der Waals surface area contributed by atoms with Gasteiger partial charge in [0.1, 0.15) is 0 Å². The zero-order chi connectivity index (χ0) is 15.9. The minimum atomic E-state index is 0.184. The van der Waals surface area contributed by atoms with Crippen LogP contribution in [0.25, 0.3) is 0 Å². The summed E-state index contributed by atoms with van der Waals surface area (Å²) in [6.45, 7) is 6.93. The summed E-state index contributed by atoms with van der Waals surface area (Å²) >= 11 is 0. The number of rotatable bonds is 3. The minimum absolute atomic E-state index is 0.184. The molecule has 3 rings (SSSR count). The lowest BCUT2D eigenvalue weighted by Gasteiger charge is -2.30. The maximum absolute atomic E-state index is 12.5. The molecular formula is C18H33N3O2. The van der Waals surface area contributed by atoms with Crippen molar-refractivity contribution in [3.05, 3.63) is 0 Å². The van der Waals surface area contributed by atoms with Gasteiger partial charge < -0.3 is 15.0 Å². The highest BCUT2D eigenvalue weighted by Crippen LogP contribution is 2.21. The predicted molar refractivity (Wildman–Crippen MR) is 91.6 cm³/mol. The summed E-state index contributed by atoms with van der Waals surface area (Å²) in [5, 5.41) is 3.27. The molecule has 0 radical (unpaired) electrons. The van der Waals surface area contributed by atoms with Gasteiger partial charge in [0.25, 0.3) is 0 Å². The van der Waals surface area contributed by atoms with Gasteiger partial charge in [0, 0.05) is 38.8 Å². The van der Waals surface area contributed by atoms with Crippen molar-refractivity contribution in [3.8, 4) is 0 Å². The van der Waals surface area contributed by atoms with Crippen LogP contribution in [-0.2, 0) is 4.74 Å². The summed E-state index contributed by atoms with van der Waals surface area (Å²) in [5.74, 6) is 0.737. The summed E-state index contributed by atoms with van der Waals surface area (Å²) in [7, 11) is 0. The second kappa shape index (κ2) is 8.88. The second-order valence-corrected chi connectivity index (χ2v) is 7.48. The van der Waals surface area contributed by atoms with Gasteiger partial charge in [-0.25, -0.2) is 4.79 Å². The molecule has 1 atom stereocenters. The van der Waals surface area contributed by atoms with E-state index in [2.05, 4.69) is 15.1 Å². The zero-order valence-corrected chi connectivity index (χ0v) is 14.5. The van der Waals surface area contributed by atoms with Crippen molar-refractivity contribution in [2.24, 2.45) is 5.92 Å². The van der Waals surface area contributed by atoms with Crippen LogP contribution in [0.2, 0.25) is 0 Å². The van der Waals surface area contributed by atoms with E-state index in [9.17, 15) is 4.79 Å². The third-order valence-electron chi connectivity index (χ3n) is 5.69. The van der Waals surface area contributed by atoms with Crippen molar-refractivity contribution < 1.29 is 9.53 Å². The lowest BCUT2D eigenvalue weighted by molar-refractivity contribution is 0.0296. The van der Waals surface area contributed by atoms with E-state index >= 15 is 0 Å². The lowest BCUT2D eigenvalue weighted by Crippen LogP contribution is -2.46. The molecule has 0 bridgehead atoms. The van der Waals surface area contributed by atoms with Crippen LogP contribution in [0.15, 0.2) is 0 Å². The Hall–Kier alpha value is -0.810. The normalized spacial score (nSPS) is 28.3. The Morgan fingerprint density at radius 1 is 0.913 bits per heavy atom. The summed E-state index contributed by atoms with van der Waals surface area (Å²) in [6.07, 6.45) is 9.75. The first kappa shape index (κ1) is 17.0. The Balaban J connectivity index is 1.41. The molecule has 2 heterocycles. The average molecular weight is 323 g/mol. The molecule has 2 amide bonds. The van der Waals surface area contributed by atoms with Gasteiger partial charge in [0.15, 0.2) is 0 Å². The van der Waals surface area contributed by atoms with Crippen LogP contribution < -0.4 is 5.32 Å². The van der Waals surface area contributed by atoms with Gasteiger partial charge in [0.2, 0.25) is 0 Å². The summed E-state index contributed by atoms with van der Waals surface area (Å²) in [6, 6.07) is 0.604. The molecule has 3 fully saturated rings. The van der Waals surface area contributed by atoms with Gasteiger partial charge in [0.05, 0.1) is 13.2 Å². The maximum Gasteiger partial charge on any atom is 0.317 e. The number of nitrogens with one attached hydrogen (secondary N) is 1. The fourth-order valence-corrected chi connectivity index (χ4v) is 4.21. The number of carbonyl (C=O) groups is 1. The predicted octanol–water partition coefficient (Wildman–Crippen LogP) is 2.46. The fraction of sp³-hybridized carbons (Fsp3) is 0.944. The van der Waals surface area contributed by atoms with Crippen molar-refractivity contribution >= 4 is 6.03 Å². The Kier molecular flexibility index (Phi) is 6.57. The highest BCUT2D eigenvalue weighted by Gasteiger charge is 2.24. The number of carbonyl (C=O) groups excluding carboxylic acids is 1. The molecule has 0 aromatic rings. The molecule has 3 aliphatic rings. The summed E-state index contributed by atoms with van der Waals surface area (Å²) < 4.78 is 5.43. The lowest BCUT2D eigenvalue weighted by atomic mass is 9.96. The number of hydrogen-bond acceptors (Lipinski definition) is 3. The number of urea groups is 1. The van der Waals surface area contributed by atoms with Crippen molar-refractivity contribution in [3.63, 3.8) is 0 Å². The Morgan fingerprint density at radius 3 is 2.48 bits per heavy atom. The minimum Gasteiger partial charge on any atom is -0.379 e. The van der Waals surface area contributed by atoms with Crippen LogP contribution in [0.5, 0.6) is 0 Å². The average Bonchev–Trinajstić information content (AvgIpc) is 2.82. The molecule has 1 unspecified atom stereocenters. The highest BCUT2D eigenvalue weighted by molar-refractivity contribution is 5.74. The fourth-order valence-electron chi connectivity index (χ4n) is 4.21. The number of ether oxygens (including phenoxy) is 1. The van der Waals surface area contributed by atoms with Crippen LogP contribution >= 0.6 is 0 Å². The van der Waals surface area contributed by atoms with Crippen LogP contribution in [0, 0.1) is 5.92 Å². The van der Waals surface area contributed by atoms with Crippen molar-refractivity contribution in [1.29, 1.82) is 0 Å². The largest absolute Gasteiger partial charge is 0.379 e.